The average molecular weight is 344 g/mol. The van der Waals surface area contributed by atoms with Crippen molar-refractivity contribution >= 4 is 10.9 Å². The van der Waals surface area contributed by atoms with Gasteiger partial charge in [-0.1, -0.05) is 30.3 Å². The fourth-order valence-electron chi connectivity index (χ4n) is 3.73. The van der Waals surface area contributed by atoms with Crippen molar-refractivity contribution < 1.29 is 13.2 Å². The van der Waals surface area contributed by atoms with E-state index in [1.165, 1.54) is 16.6 Å². The lowest BCUT2D eigenvalue weighted by molar-refractivity contribution is -0.137. The summed E-state index contributed by atoms with van der Waals surface area (Å²) in [5.74, 6) is 0. The lowest BCUT2D eigenvalue weighted by atomic mass is 9.97. The van der Waals surface area contributed by atoms with Gasteiger partial charge in [0.05, 0.1) is 5.56 Å². The number of nitrogens with zero attached hydrogens (tertiary/aromatic N) is 1. The summed E-state index contributed by atoms with van der Waals surface area (Å²) in [6.07, 6.45) is -3.33. The second-order valence-electron chi connectivity index (χ2n) is 6.65. The van der Waals surface area contributed by atoms with Crippen LogP contribution >= 0.6 is 0 Å². The van der Waals surface area contributed by atoms with Gasteiger partial charge < -0.3 is 4.98 Å². The highest BCUT2D eigenvalue weighted by Gasteiger charge is 2.30. The molecule has 4 rings (SSSR count). The quantitative estimate of drug-likeness (QED) is 0.668. The molecule has 2 heterocycles. The van der Waals surface area contributed by atoms with E-state index >= 15 is 0 Å². The van der Waals surface area contributed by atoms with Crippen LogP contribution in [0.25, 0.3) is 10.9 Å². The third-order valence-corrected chi connectivity index (χ3v) is 5.13. The van der Waals surface area contributed by atoms with E-state index in [1.807, 2.05) is 6.07 Å². The van der Waals surface area contributed by atoms with E-state index in [0.717, 1.165) is 36.2 Å². The van der Waals surface area contributed by atoms with E-state index in [1.54, 1.807) is 12.1 Å². The summed E-state index contributed by atoms with van der Waals surface area (Å²) in [6, 6.07) is 14.0. The van der Waals surface area contributed by atoms with Gasteiger partial charge in [-0.15, -0.1) is 0 Å². The minimum Gasteiger partial charge on any atom is -0.357 e. The topological polar surface area (TPSA) is 19.0 Å². The highest BCUT2D eigenvalue weighted by molar-refractivity contribution is 5.85. The van der Waals surface area contributed by atoms with Gasteiger partial charge in [0.25, 0.3) is 0 Å². The van der Waals surface area contributed by atoms with Gasteiger partial charge in [-0.2, -0.15) is 13.2 Å². The Bertz CT molecular complexity index is 893. The molecule has 1 aliphatic rings. The van der Waals surface area contributed by atoms with E-state index in [0.29, 0.717) is 6.54 Å². The number of aromatic amines is 1. The van der Waals surface area contributed by atoms with Crippen LogP contribution in [0.4, 0.5) is 13.2 Å². The van der Waals surface area contributed by atoms with Crippen LogP contribution in [0, 0.1) is 0 Å². The fourth-order valence-corrected chi connectivity index (χ4v) is 3.73. The summed E-state index contributed by atoms with van der Waals surface area (Å²) in [6.45, 7) is 3.70. The van der Waals surface area contributed by atoms with Gasteiger partial charge >= 0.3 is 6.18 Å². The molecular weight excluding hydrogens is 325 g/mol. The molecule has 1 aliphatic heterocycles. The average Bonchev–Trinajstić information content (AvgIpc) is 2.97. The van der Waals surface area contributed by atoms with Crippen molar-refractivity contribution in [3.8, 4) is 0 Å². The molecule has 0 spiro atoms. The zero-order valence-corrected chi connectivity index (χ0v) is 13.9. The van der Waals surface area contributed by atoms with Gasteiger partial charge in [0, 0.05) is 35.7 Å². The zero-order valence-electron chi connectivity index (χ0n) is 13.9. The van der Waals surface area contributed by atoms with Crippen LogP contribution < -0.4 is 0 Å². The minimum atomic E-state index is -4.28. The number of para-hydroxylation sites is 1. The maximum absolute atomic E-state index is 12.7. The van der Waals surface area contributed by atoms with Crippen molar-refractivity contribution in [3.63, 3.8) is 0 Å². The highest BCUT2D eigenvalue weighted by Crippen LogP contribution is 2.35. The smallest absolute Gasteiger partial charge is 0.357 e. The highest BCUT2D eigenvalue weighted by atomic mass is 19.4. The Hall–Kier alpha value is -2.27. The number of halogens is 3. The fraction of sp³-hybridized carbons (Fsp3) is 0.300. The van der Waals surface area contributed by atoms with Crippen molar-refractivity contribution in [2.45, 2.75) is 32.1 Å². The predicted octanol–water partition coefficient (Wildman–Crippen LogP) is 5.31. The third kappa shape index (κ3) is 2.93. The first kappa shape index (κ1) is 16.2. The summed E-state index contributed by atoms with van der Waals surface area (Å²) in [5.41, 5.74) is 4.04. The Labute approximate surface area is 144 Å². The van der Waals surface area contributed by atoms with Gasteiger partial charge in [0.1, 0.15) is 0 Å². The first-order chi connectivity index (χ1) is 11.9. The molecule has 25 heavy (non-hydrogen) atoms. The number of benzene rings is 2. The van der Waals surface area contributed by atoms with Crippen molar-refractivity contribution in [3.05, 3.63) is 70.9 Å². The molecule has 0 saturated carbocycles. The Morgan fingerprint density at radius 1 is 1.08 bits per heavy atom. The molecule has 0 radical (unpaired) electrons. The molecular formula is C20H19F3N2. The van der Waals surface area contributed by atoms with Crippen LogP contribution in [0.15, 0.2) is 48.5 Å². The van der Waals surface area contributed by atoms with Crippen molar-refractivity contribution in [1.82, 2.24) is 9.88 Å². The zero-order chi connectivity index (χ0) is 17.6. The summed E-state index contributed by atoms with van der Waals surface area (Å²) in [4.78, 5) is 5.83. The maximum atomic E-state index is 12.7. The molecule has 5 heteroatoms. The number of hydrogen-bond acceptors (Lipinski definition) is 1. The van der Waals surface area contributed by atoms with Crippen LogP contribution in [0.5, 0.6) is 0 Å². The number of nitrogens with one attached hydrogen (secondary N) is 1. The number of alkyl halides is 3. The number of aromatic nitrogens is 1. The van der Waals surface area contributed by atoms with Crippen LogP contribution in [0.1, 0.15) is 35.3 Å². The van der Waals surface area contributed by atoms with Gasteiger partial charge in [-0.3, -0.25) is 4.90 Å². The van der Waals surface area contributed by atoms with Crippen molar-refractivity contribution in [2.75, 3.05) is 6.54 Å². The van der Waals surface area contributed by atoms with Crippen LogP contribution in [-0.4, -0.2) is 16.4 Å². The van der Waals surface area contributed by atoms with E-state index in [-0.39, 0.29) is 6.04 Å². The summed E-state index contributed by atoms with van der Waals surface area (Å²) < 4.78 is 38.1. The first-order valence-corrected chi connectivity index (χ1v) is 8.43. The molecule has 2 nitrogen and oxygen atoms in total. The standard InChI is InChI=1S/C20H19F3N2/c1-13-19-17(16-4-2-3-5-18(16)24-19)10-11-25(13)12-14-6-8-15(9-7-14)20(21,22)23/h2-9,13,24H,10-12H2,1H3. The van der Waals surface area contributed by atoms with Gasteiger partial charge in [-0.05, 0) is 42.7 Å². The Kier molecular flexibility index (Phi) is 3.84. The van der Waals surface area contributed by atoms with Gasteiger partial charge in [0.15, 0.2) is 0 Å². The van der Waals surface area contributed by atoms with Crippen molar-refractivity contribution in [1.29, 1.82) is 0 Å². The monoisotopic (exact) mass is 344 g/mol. The lowest BCUT2D eigenvalue weighted by Gasteiger charge is -2.33. The number of rotatable bonds is 2. The predicted molar refractivity (Wildman–Crippen MR) is 92.3 cm³/mol. The Morgan fingerprint density at radius 2 is 1.80 bits per heavy atom. The van der Waals surface area contributed by atoms with Crippen LogP contribution in [-0.2, 0) is 19.1 Å². The molecule has 1 N–H and O–H groups in total. The van der Waals surface area contributed by atoms with E-state index in [9.17, 15) is 13.2 Å². The van der Waals surface area contributed by atoms with Crippen LogP contribution in [0.3, 0.4) is 0 Å². The molecule has 0 fully saturated rings. The molecule has 0 bridgehead atoms. The second-order valence-corrected chi connectivity index (χ2v) is 6.65. The molecule has 0 aliphatic carbocycles. The van der Waals surface area contributed by atoms with Crippen LogP contribution in [0.2, 0.25) is 0 Å². The largest absolute Gasteiger partial charge is 0.416 e. The maximum Gasteiger partial charge on any atom is 0.416 e. The van der Waals surface area contributed by atoms with E-state index in [4.69, 9.17) is 0 Å². The molecule has 1 aromatic heterocycles. The van der Waals surface area contributed by atoms with E-state index in [2.05, 4.69) is 35.0 Å². The van der Waals surface area contributed by atoms with Gasteiger partial charge in [-0.25, -0.2) is 0 Å². The summed E-state index contributed by atoms with van der Waals surface area (Å²) in [7, 11) is 0. The molecule has 1 unspecified atom stereocenters. The molecule has 2 aromatic carbocycles. The Morgan fingerprint density at radius 3 is 2.52 bits per heavy atom. The number of H-pyrrole nitrogens is 1. The summed E-state index contributed by atoms with van der Waals surface area (Å²) in [5, 5.41) is 1.28. The minimum absolute atomic E-state index is 0.207. The lowest BCUT2D eigenvalue weighted by Crippen LogP contribution is -2.33. The normalized spacial score (nSPS) is 18.5. The van der Waals surface area contributed by atoms with E-state index < -0.39 is 11.7 Å². The molecule has 3 aromatic rings. The molecule has 0 saturated heterocycles. The third-order valence-electron chi connectivity index (χ3n) is 5.13. The summed E-state index contributed by atoms with van der Waals surface area (Å²) >= 11 is 0. The van der Waals surface area contributed by atoms with Gasteiger partial charge in [0.2, 0.25) is 0 Å². The second kappa shape index (κ2) is 5.92. The Balaban J connectivity index is 1.56. The number of hydrogen-bond donors (Lipinski definition) is 1. The number of fused-ring (bicyclic) bond motifs is 3. The van der Waals surface area contributed by atoms with Crippen molar-refractivity contribution in [2.24, 2.45) is 0 Å². The molecule has 1 atom stereocenters. The first-order valence-electron chi connectivity index (χ1n) is 8.43. The molecule has 0 amide bonds. The SMILES string of the molecule is CC1c2[nH]c3ccccc3c2CCN1Cc1ccc(C(F)(F)F)cc1. The molecule has 130 valence electrons.